The zero-order chi connectivity index (χ0) is 17.0. The van der Waals surface area contributed by atoms with Gasteiger partial charge in [0.05, 0.1) is 24.2 Å². The lowest BCUT2D eigenvalue weighted by molar-refractivity contribution is -0.137. The molecule has 2 aromatic rings. The molecule has 0 spiro atoms. The Morgan fingerprint density at radius 1 is 1.30 bits per heavy atom. The molecule has 0 aliphatic heterocycles. The number of alkyl halides is 3. The van der Waals surface area contributed by atoms with Crippen LogP contribution in [0, 0.1) is 0 Å². The molecule has 1 amide bonds. The highest BCUT2D eigenvalue weighted by atomic mass is 19.4. The highest BCUT2D eigenvalue weighted by Gasteiger charge is 2.30. The topological polar surface area (TPSA) is 46.9 Å². The van der Waals surface area contributed by atoms with Crippen LogP contribution < -0.4 is 5.32 Å². The molecule has 2 rings (SSSR count). The molecule has 1 aromatic carbocycles. The third-order valence-corrected chi connectivity index (χ3v) is 3.52. The van der Waals surface area contributed by atoms with Crippen molar-refractivity contribution >= 4 is 5.91 Å². The monoisotopic (exact) mass is 325 g/mol. The molecular formula is C16H18F3N3O. The van der Waals surface area contributed by atoms with Crippen LogP contribution >= 0.6 is 0 Å². The number of nitrogens with one attached hydrogen (secondary N) is 1. The number of amides is 1. The Labute approximate surface area is 132 Å². The molecular weight excluding hydrogens is 307 g/mol. The third kappa shape index (κ3) is 4.58. The Morgan fingerprint density at radius 3 is 2.43 bits per heavy atom. The lowest BCUT2D eigenvalue weighted by Gasteiger charge is -2.15. The standard InChI is InChI=1S/C16H18F3N3O/c1-3-14(12-9-20-22(2)10-12)21-15(23)8-11-4-6-13(7-5-11)16(17,18)19/h4-7,9-10,14H,3,8H2,1-2H3,(H,21,23)/t14-/m1/s1. The van der Waals surface area contributed by atoms with Crippen LogP contribution in [-0.2, 0) is 24.4 Å². The van der Waals surface area contributed by atoms with Crippen molar-refractivity contribution < 1.29 is 18.0 Å². The molecule has 0 saturated heterocycles. The van der Waals surface area contributed by atoms with E-state index in [2.05, 4.69) is 10.4 Å². The van der Waals surface area contributed by atoms with E-state index in [4.69, 9.17) is 0 Å². The van der Waals surface area contributed by atoms with Crippen LogP contribution in [-0.4, -0.2) is 15.7 Å². The van der Waals surface area contributed by atoms with Crippen molar-refractivity contribution in [2.45, 2.75) is 32.0 Å². The van der Waals surface area contributed by atoms with E-state index in [1.807, 2.05) is 13.1 Å². The number of hydrogen-bond donors (Lipinski definition) is 1. The summed E-state index contributed by atoms with van der Waals surface area (Å²) in [5.74, 6) is -0.236. The Hall–Kier alpha value is -2.31. The van der Waals surface area contributed by atoms with Gasteiger partial charge in [-0.3, -0.25) is 9.48 Å². The Balaban J connectivity index is 1.98. The molecule has 0 unspecified atom stereocenters. The molecule has 0 radical (unpaired) electrons. The first-order chi connectivity index (χ1) is 10.8. The van der Waals surface area contributed by atoms with Crippen molar-refractivity contribution in [3.63, 3.8) is 0 Å². The van der Waals surface area contributed by atoms with Crippen molar-refractivity contribution in [3.8, 4) is 0 Å². The van der Waals surface area contributed by atoms with Crippen molar-refractivity contribution in [1.82, 2.24) is 15.1 Å². The van der Waals surface area contributed by atoms with Gasteiger partial charge in [0.1, 0.15) is 0 Å². The van der Waals surface area contributed by atoms with E-state index in [0.29, 0.717) is 12.0 Å². The Bertz CT molecular complexity index is 662. The molecule has 0 aliphatic carbocycles. The van der Waals surface area contributed by atoms with E-state index in [1.165, 1.54) is 12.1 Å². The summed E-state index contributed by atoms with van der Waals surface area (Å²) in [4.78, 5) is 12.1. The van der Waals surface area contributed by atoms with Crippen LogP contribution in [0.2, 0.25) is 0 Å². The quantitative estimate of drug-likeness (QED) is 0.917. The van der Waals surface area contributed by atoms with Gasteiger partial charge in [0.2, 0.25) is 5.91 Å². The van der Waals surface area contributed by atoms with Crippen LogP contribution in [0.3, 0.4) is 0 Å². The summed E-state index contributed by atoms with van der Waals surface area (Å²) in [6.07, 6.45) is -0.118. The van der Waals surface area contributed by atoms with Gasteiger partial charge in [-0.2, -0.15) is 18.3 Å². The molecule has 0 aliphatic rings. The minimum absolute atomic E-state index is 0.0366. The summed E-state index contributed by atoms with van der Waals surface area (Å²) in [6.45, 7) is 1.94. The second-order valence-electron chi connectivity index (χ2n) is 5.35. The van der Waals surface area contributed by atoms with Gasteiger partial charge in [0.25, 0.3) is 0 Å². The fraction of sp³-hybridized carbons (Fsp3) is 0.375. The fourth-order valence-corrected chi connectivity index (χ4v) is 2.28. The van der Waals surface area contributed by atoms with Crippen molar-refractivity contribution in [3.05, 3.63) is 53.3 Å². The highest BCUT2D eigenvalue weighted by molar-refractivity contribution is 5.79. The summed E-state index contributed by atoms with van der Waals surface area (Å²) in [7, 11) is 1.79. The number of aryl methyl sites for hydroxylation is 1. The van der Waals surface area contributed by atoms with Gasteiger partial charge in [-0.25, -0.2) is 0 Å². The number of carbonyl (C=O) groups excluding carboxylic acids is 1. The first-order valence-electron chi connectivity index (χ1n) is 7.23. The zero-order valence-corrected chi connectivity index (χ0v) is 12.9. The summed E-state index contributed by atoms with van der Waals surface area (Å²) in [5, 5.41) is 6.94. The van der Waals surface area contributed by atoms with Gasteiger partial charge in [-0.15, -0.1) is 0 Å². The lowest BCUT2D eigenvalue weighted by Crippen LogP contribution is -2.29. The first-order valence-corrected chi connectivity index (χ1v) is 7.23. The van der Waals surface area contributed by atoms with E-state index in [1.54, 1.807) is 17.9 Å². The van der Waals surface area contributed by atoms with Crippen LogP contribution in [0.25, 0.3) is 0 Å². The van der Waals surface area contributed by atoms with Crippen LogP contribution in [0.5, 0.6) is 0 Å². The van der Waals surface area contributed by atoms with Gasteiger partial charge in [0, 0.05) is 18.8 Å². The predicted octanol–water partition coefficient (Wildman–Crippen LogP) is 3.25. The largest absolute Gasteiger partial charge is 0.416 e. The third-order valence-electron chi connectivity index (χ3n) is 3.52. The van der Waals surface area contributed by atoms with E-state index in [-0.39, 0.29) is 18.4 Å². The number of hydrogen-bond acceptors (Lipinski definition) is 2. The number of carbonyl (C=O) groups is 1. The molecule has 0 saturated carbocycles. The Kier molecular flexibility index (Phi) is 5.08. The Morgan fingerprint density at radius 2 is 1.96 bits per heavy atom. The second kappa shape index (κ2) is 6.85. The average Bonchev–Trinajstić information content (AvgIpc) is 2.91. The molecule has 0 fully saturated rings. The first kappa shape index (κ1) is 17.1. The second-order valence-corrected chi connectivity index (χ2v) is 5.35. The molecule has 23 heavy (non-hydrogen) atoms. The number of benzene rings is 1. The number of rotatable bonds is 5. The van der Waals surface area contributed by atoms with Gasteiger partial charge in [-0.05, 0) is 24.1 Å². The number of aromatic nitrogens is 2. The molecule has 7 heteroatoms. The zero-order valence-electron chi connectivity index (χ0n) is 12.9. The van der Waals surface area contributed by atoms with Crippen LogP contribution in [0.1, 0.15) is 36.1 Å². The summed E-state index contributed by atoms with van der Waals surface area (Å²) in [6, 6.07) is 4.47. The van der Waals surface area contributed by atoms with Gasteiger partial charge in [-0.1, -0.05) is 19.1 Å². The van der Waals surface area contributed by atoms with Crippen molar-refractivity contribution in [2.75, 3.05) is 0 Å². The van der Waals surface area contributed by atoms with Crippen LogP contribution in [0.15, 0.2) is 36.7 Å². The minimum Gasteiger partial charge on any atom is -0.349 e. The van der Waals surface area contributed by atoms with Gasteiger partial charge >= 0.3 is 6.18 Å². The smallest absolute Gasteiger partial charge is 0.349 e. The van der Waals surface area contributed by atoms with Crippen LogP contribution in [0.4, 0.5) is 13.2 Å². The minimum atomic E-state index is -4.37. The SMILES string of the molecule is CC[C@@H](NC(=O)Cc1ccc(C(F)(F)F)cc1)c1cnn(C)c1. The maximum Gasteiger partial charge on any atom is 0.416 e. The molecule has 4 nitrogen and oxygen atoms in total. The molecule has 1 atom stereocenters. The molecule has 0 bridgehead atoms. The number of halogens is 3. The van der Waals surface area contributed by atoms with E-state index < -0.39 is 11.7 Å². The fourth-order valence-electron chi connectivity index (χ4n) is 2.28. The van der Waals surface area contributed by atoms with Crippen molar-refractivity contribution in [1.29, 1.82) is 0 Å². The predicted molar refractivity (Wildman–Crippen MR) is 79.5 cm³/mol. The lowest BCUT2D eigenvalue weighted by atomic mass is 10.1. The maximum atomic E-state index is 12.5. The van der Waals surface area contributed by atoms with Gasteiger partial charge in [0.15, 0.2) is 0 Å². The summed E-state index contributed by atoms with van der Waals surface area (Å²) < 4.78 is 39.2. The average molecular weight is 325 g/mol. The molecule has 124 valence electrons. The molecule has 1 N–H and O–H groups in total. The van der Waals surface area contributed by atoms with E-state index in [9.17, 15) is 18.0 Å². The van der Waals surface area contributed by atoms with Gasteiger partial charge < -0.3 is 5.32 Å². The maximum absolute atomic E-state index is 12.5. The highest BCUT2D eigenvalue weighted by Crippen LogP contribution is 2.29. The molecule has 1 heterocycles. The summed E-state index contributed by atoms with van der Waals surface area (Å²) >= 11 is 0. The normalized spacial score (nSPS) is 12.9. The van der Waals surface area contributed by atoms with Crippen molar-refractivity contribution in [2.24, 2.45) is 7.05 Å². The van der Waals surface area contributed by atoms with E-state index >= 15 is 0 Å². The number of nitrogens with zero attached hydrogens (tertiary/aromatic N) is 2. The molecule has 1 aromatic heterocycles. The van der Waals surface area contributed by atoms with E-state index in [0.717, 1.165) is 17.7 Å². The summed E-state index contributed by atoms with van der Waals surface area (Å²) in [5.41, 5.74) is 0.718.